The summed E-state index contributed by atoms with van der Waals surface area (Å²) in [6.45, 7) is 2.54. The van der Waals surface area contributed by atoms with Gasteiger partial charge in [0.1, 0.15) is 0 Å². The summed E-state index contributed by atoms with van der Waals surface area (Å²) in [6, 6.07) is 13.9. The highest BCUT2D eigenvalue weighted by Crippen LogP contribution is 2.21. The normalized spacial score (nSPS) is 11.8. The molecule has 2 amide bonds. The van der Waals surface area contributed by atoms with E-state index in [0.717, 1.165) is 28.8 Å². The van der Waals surface area contributed by atoms with Crippen LogP contribution < -0.4 is 10.6 Å². The predicted octanol–water partition coefficient (Wildman–Crippen LogP) is 3.09. The lowest BCUT2D eigenvalue weighted by molar-refractivity contribution is 0.238. The van der Waals surface area contributed by atoms with Gasteiger partial charge in [-0.25, -0.2) is 4.79 Å². The maximum absolute atomic E-state index is 12.1. The molecule has 0 aliphatic rings. The van der Waals surface area contributed by atoms with Gasteiger partial charge in [-0.1, -0.05) is 24.3 Å². The quantitative estimate of drug-likeness (QED) is 0.718. The van der Waals surface area contributed by atoms with E-state index >= 15 is 0 Å². The van der Waals surface area contributed by atoms with Gasteiger partial charge in [0.25, 0.3) is 0 Å². The molecule has 0 saturated carbocycles. The third-order valence-corrected chi connectivity index (χ3v) is 4.36. The minimum Gasteiger partial charge on any atom is -0.338 e. The van der Waals surface area contributed by atoms with Gasteiger partial charge in [-0.05, 0) is 41.8 Å². The maximum Gasteiger partial charge on any atom is 0.315 e. The highest BCUT2D eigenvalue weighted by atomic mass is 16.2. The fourth-order valence-corrected chi connectivity index (χ4v) is 2.79. The molecule has 0 aliphatic heterocycles. The van der Waals surface area contributed by atoms with Gasteiger partial charge in [0, 0.05) is 44.3 Å². The van der Waals surface area contributed by atoms with Gasteiger partial charge in [0.2, 0.25) is 0 Å². The van der Waals surface area contributed by atoms with Crippen LogP contribution in [0.4, 0.5) is 4.79 Å². The molecule has 0 bridgehead atoms. The number of nitrogens with zero attached hydrogens (tertiary/aromatic N) is 3. The van der Waals surface area contributed by atoms with E-state index in [4.69, 9.17) is 0 Å². The molecule has 3 aromatic rings. The summed E-state index contributed by atoms with van der Waals surface area (Å²) in [4.78, 5) is 16.1. The first-order valence-corrected chi connectivity index (χ1v) is 8.65. The molecule has 0 saturated heterocycles. The van der Waals surface area contributed by atoms with Crippen molar-refractivity contribution >= 4 is 6.03 Å². The third-order valence-electron chi connectivity index (χ3n) is 4.36. The van der Waals surface area contributed by atoms with E-state index in [2.05, 4.69) is 32.8 Å². The van der Waals surface area contributed by atoms with Crippen LogP contribution in [-0.2, 0) is 13.5 Å². The highest BCUT2D eigenvalue weighted by molar-refractivity contribution is 5.74. The van der Waals surface area contributed by atoms with Crippen molar-refractivity contribution < 1.29 is 4.79 Å². The largest absolute Gasteiger partial charge is 0.338 e. The molecule has 0 spiro atoms. The Hall–Kier alpha value is -3.15. The number of aryl methyl sites for hydroxylation is 1. The van der Waals surface area contributed by atoms with Gasteiger partial charge >= 0.3 is 6.03 Å². The lowest BCUT2D eigenvalue weighted by Gasteiger charge is -2.15. The average Bonchev–Trinajstić information content (AvgIpc) is 3.07. The second-order valence-electron chi connectivity index (χ2n) is 6.18. The van der Waals surface area contributed by atoms with E-state index < -0.39 is 0 Å². The Balaban J connectivity index is 1.50. The molecule has 0 fully saturated rings. The Kier molecular flexibility index (Phi) is 5.63. The number of rotatable bonds is 6. The molecule has 1 atom stereocenters. The van der Waals surface area contributed by atoms with Gasteiger partial charge in [-0.15, -0.1) is 0 Å². The Labute approximate surface area is 153 Å². The zero-order valence-corrected chi connectivity index (χ0v) is 15.0. The van der Waals surface area contributed by atoms with Crippen LogP contribution in [0.2, 0.25) is 0 Å². The molecule has 3 rings (SSSR count). The Bertz CT molecular complexity index is 842. The molecule has 2 N–H and O–H groups in total. The van der Waals surface area contributed by atoms with Crippen LogP contribution >= 0.6 is 0 Å². The first kappa shape index (κ1) is 17.7. The number of nitrogens with one attached hydrogen (secondary N) is 2. The number of urea groups is 1. The molecular formula is C20H23N5O. The zero-order valence-electron chi connectivity index (χ0n) is 15.0. The van der Waals surface area contributed by atoms with Crippen molar-refractivity contribution in [2.75, 3.05) is 6.54 Å². The number of amides is 2. The summed E-state index contributed by atoms with van der Waals surface area (Å²) in [5, 5.41) is 9.97. The van der Waals surface area contributed by atoms with Crippen molar-refractivity contribution in [3.8, 4) is 11.1 Å². The minimum absolute atomic E-state index is 0.0711. The summed E-state index contributed by atoms with van der Waals surface area (Å²) in [5.41, 5.74) is 4.40. The summed E-state index contributed by atoms with van der Waals surface area (Å²) < 4.78 is 1.81. The molecule has 2 heterocycles. The SMILES string of the molecule is C[C@@H](NC(=O)NCCc1ccnn1C)c1ccc(-c2ccncc2)cc1. The molecule has 6 nitrogen and oxygen atoms in total. The van der Waals surface area contributed by atoms with Crippen LogP contribution in [0.15, 0.2) is 61.1 Å². The fraction of sp³-hybridized carbons (Fsp3) is 0.250. The average molecular weight is 349 g/mol. The summed E-state index contributed by atoms with van der Waals surface area (Å²) in [6.07, 6.45) is 6.07. The number of pyridine rings is 1. The molecule has 0 radical (unpaired) electrons. The lowest BCUT2D eigenvalue weighted by Crippen LogP contribution is -2.38. The third kappa shape index (κ3) is 4.47. The van der Waals surface area contributed by atoms with Gasteiger partial charge in [-0.3, -0.25) is 9.67 Å². The summed E-state index contributed by atoms with van der Waals surface area (Å²) in [7, 11) is 1.90. The van der Waals surface area contributed by atoms with E-state index in [1.54, 1.807) is 18.6 Å². The summed E-state index contributed by atoms with van der Waals surface area (Å²) >= 11 is 0. The molecule has 1 aromatic carbocycles. The Morgan fingerprint density at radius 2 is 1.73 bits per heavy atom. The number of carbonyl (C=O) groups excluding carboxylic acids is 1. The van der Waals surface area contributed by atoms with Crippen LogP contribution in [0.3, 0.4) is 0 Å². The molecule has 6 heteroatoms. The van der Waals surface area contributed by atoms with Crippen molar-refractivity contribution in [3.63, 3.8) is 0 Å². The second kappa shape index (κ2) is 8.29. The van der Waals surface area contributed by atoms with Crippen molar-refractivity contribution in [2.24, 2.45) is 7.05 Å². The van der Waals surface area contributed by atoms with Gasteiger partial charge in [0.15, 0.2) is 0 Å². The zero-order chi connectivity index (χ0) is 18.4. The van der Waals surface area contributed by atoms with E-state index in [0.29, 0.717) is 6.54 Å². The van der Waals surface area contributed by atoms with Crippen LogP contribution in [0, 0.1) is 0 Å². The number of aromatic nitrogens is 3. The van der Waals surface area contributed by atoms with Crippen LogP contribution in [0.1, 0.15) is 24.2 Å². The Morgan fingerprint density at radius 3 is 2.38 bits per heavy atom. The van der Waals surface area contributed by atoms with Gasteiger partial charge < -0.3 is 10.6 Å². The number of hydrogen-bond acceptors (Lipinski definition) is 3. The van der Waals surface area contributed by atoms with E-state index in [1.807, 2.05) is 49.0 Å². The van der Waals surface area contributed by atoms with E-state index in [-0.39, 0.29) is 12.1 Å². The smallest absolute Gasteiger partial charge is 0.315 e. The van der Waals surface area contributed by atoms with E-state index in [9.17, 15) is 4.79 Å². The monoisotopic (exact) mass is 349 g/mol. The topological polar surface area (TPSA) is 71.8 Å². The highest BCUT2D eigenvalue weighted by Gasteiger charge is 2.09. The molecule has 2 aromatic heterocycles. The maximum atomic E-state index is 12.1. The lowest BCUT2D eigenvalue weighted by atomic mass is 10.0. The predicted molar refractivity (Wildman–Crippen MR) is 102 cm³/mol. The van der Waals surface area contributed by atoms with Crippen molar-refractivity contribution in [2.45, 2.75) is 19.4 Å². The van der Waals surface area contributed by atoms with Crippen molar-refractivity contribution in [1.82, 2.24) is 25.4 Å². The number of benzene rings is 1. The molecule has 0 unspecified atom stereocenters. The number of carbonyl (C=O) groups is 1. The first-order chi connectivity index (χ1) is 12.6. The standard InChI is InChI=1S/C20H23N5O/c1-15(24-20(26)22-13-9-19-10-14-23-25(19)2)16-3-5-17(6-4-16)18-7-11-21-12-8-18/h3-8,10-12,14-15H,9,13H2,1-2H3,(H2,22,24,26)/t15-/m1/s1. The van der Waals surface area contributed by atoms with Crippen LogP contribution in [-0.4, -0.2) is 27.3 Å². The first-order valence-electron chi connectivity index (χ1n) is 8.65. The molecule has 26 heavy (non-hydrogen) atoms. The fourth-order valence-electron chi connectivity index (χ4n) is 2.79. The van der Waals surface area contributed by atoms with Crippen LogP contribution in [0.5, 0.6) is 0 Å². The van der Waals surface area contributed by atoms with Crippen molar-refractivity contribution in [3.05, 3.63) is 72.3 Å². The summed E-state index contributed by atoms with van der Waals surface area (Å²) in [5.74, 6) is 0. The van der Waals surface area contributed by atoms with Crippen molar-refractivity contribution in [1.29, 1.82) is 0 Å². The molecule has 0 aliphatic carbocycles. The van der Waals surface area contributed by atoms with Gasteiger partial charge in [-0.2, -0.15) is 5.10 Å². The van der Waals surface area contributed by atoms with E-state index in [1.165, 1.54) is 0 Å². The molecular weight excluding hydrogens is 326 g/mol. The molecule has 134 valence electrons. The minimum atomic E-state index is -0.169. The Morgan fingerprint density at radius 1 is 1.04 bits per heavy atom. The van der Waals surface area contributed by atoms with Gasteiger partial charge in [0.05, 0.1) is 6.04 Å². The van der Waals surface area contributed by atoms with Crippen LogP contribution in [0.25, 0.3) is 11.1 Å². The number of hydrogen-bond donors (Lipinski definition) is 2. The second-order valence-corrected chi connectivity index (χ2v) is 6.18.